The van der Waals surface area contributed by atoms with Crippen LogP contribution in [0, 0.1) is 0 Å². The maximum Gasteiger partial charge on any atom is 0.253 e. The highest BCUT2D eigenvalue weighted by atomic mass is 32.2. The largest absolute Gasteiger partial charge is 0.354 e. The van der Waals surface area contributed by atoms with Gasteiger partial charge in [0.05, 0.1) is 22.7 Å². The molecule has 1 aliphatic rings. The van der Waals surface area contributed by atoms with Crippen molar-refractivity contribution in [1.29, 1.82) is 0 Å². The van der Waals surface area contributed by atoms with E-state index in [0.717, 1.165) is 18.5 Å². The number of aromatic nitrogens is 2. The molecule has 3 rings (SSSR count). The average Bonchev–Trinajstić information content (AvgIpc) is 3.23. The average molecular weight is 404 g/mol. The summed E-state index contributed by atoms with van der Waals surface area (Å²) in [7, 11) is -3.48. The molecule has 0 aliphatic heterocycles. The molecule has 0 unspecified atom stereocenters. The number of amides is 1. The van der Waals surface area contributed by atoms with Crippen LogP contribution >= 0.6 is 0 Å². The molecule has 150 valence electrons. The summed E-state index contributed by atoms with van der Waals surface area (Å²) in [6, 6.07) is 9.66. The highest BCUT2D eigenvalue weighted by molar-refractivity contribution is 7.91. The van der Waals surface area contributed by atoms with Crippen LogP contribution in [0.5, 0.6) is 0 Å². The van der Waals surface area contributed by atoms with E-state index in [9.17, 15) is 18.0 Å². The summed E-state index contributed by atoms with van der Waals surface area (Å²) in [5.41, 5.74) is 0.728. The van der Waals surface area contributed by atoms with Gasteiger partial charge in [-0.15, -0.1) is 0 Å². The number of carbonyl (C=O) groups is 1. The third-order valence-corrected chi connectivity index (χ3v) is 6.78. The molecule has 0 spiro atoms. The van der Waals surface area contributed by atoms with Crippen LogP contribution < -0.4 is 10.9 Å². The van der Waals surface area contributed by atoms with Gasteiger partial charge >= 0.3 is 0 Å². The third-order valence-electron chi connectivity index (χ3n) is 5.05. The minimum atomic E-state index is -3.48. The molecule has 0 radical (unpaired) electrons. The molecular weight excluding hydrogens is 378 g/mol. The Morgan fingerprint density at radius 3 is 2.57 bits per heavy atom. The van der Waals surface area contributed by atoms with Crippen molar-refractivity contribution in [3.05, 3.63) is 58.8 Å². The standard InChI is InChI=1S/C20H25N3O4S/c24-19(10-13-28(26,27)17-8-2-1-3-9-17)21-11-12-23-15-22-18(14-20(23)25)16-6-4-5-7-16/h1-3,8-9,14-16H,4-7,10-13H2,(H,21,24). The number of nitrogens with one attached hydrogen (secondary N) is 1. The van der Waals surface area contributed by atoms with Crippen LogP contribution in [0.2, 0.25) is 0 Å². The zero-order valence-electron chi connectivity index (χ0n) is 15.7. The van der Waals surface area contributed by atoms with E-state index in [-0.39, 0.29) is 35.1 Å². The fourth-order valence-corrected chi connectivity index (χ4v) is 4.69. The first-order chi connectivity index (χ1) is 13.5. The van der Waals surface area contributed by atoms with Crippen molar-refractivity contribution in [3.63, 3.8) is 0 Å². The summed E-state index contributed by atoms with van der Waals surface area (Å²) in [6.07, 6.45) is 5.94. The normalized spacial score (nSPS) is 14.9. The Morgan fingerprint density at radius 1 is 1.18 bits per heavy atom. The van der Waals surface area contributed by atoms with Gasteiger partial charge in [-0.2, -0.15) is 0 Å². The van der Waals surface area contributed by atoms with Crippen molar-refractivity contribution < 1.29 is 13.2 Å². The number of hydrogen-bond acceptors (Lipinski definition) is 5. The van der Waals surface area contributed by atoms with E-state index in [1.165, 1.54) is 35.9 Å². The van der Waals surface area contributed by atoms with E-state index >= 15 is 0 Å². The second kappa shape index (κ2) is 9.14. The van der Waals surface area contributed by atoms with Crippen LogP contribution in [-0.4, -0.2) is 36.2 Å². The summed E-state index contributed by atoms with van der Waals surface area (Å²) in [5.74, 6) is -0.225. The lowest BCUT2D eigenvalue weighted by atomic mass is 10.0. The minimum absolute atomic E-state index is 0.120. The smallest absolute Gasteiger partial charge is 0.253 e. The minimum Gasteiger partial charge on any atom is -0.354 e. The molecule has 2 aromatic rings. The van der Waals surface area contributed by atoms with E-state index in [2.05, 4.69) is 10.3 Å². The number of nitrogens with zero attached hydrogens (tertiary/aromatic N) is 2. The Hall–Kier alpha value is -2.48. The first-order valence-corrected chi connectivity index (χ1v) is 11.2. The van der Waals surface area contributed by atoms with Gasteiger partial charge in [0, 0.05) is 31.5 Å². The zero-order valence-corrected chi connectivity index (χ0v) is 16.5. The highest BCUT2D eigenvalue weighted by Gasteiger charge is 2.19. The molecule has 0 atom stereocenters. The molecule has 1 aromatic carbocycles. The Kier molecular flexibility index (Phi) is 6.61. The molecular formula is C20H25N3O4S. The van der Waals surface area contributed by atoms with E-state index in [4.69, 9.17) is 0 Å². The lowest BCUT2D eigenvalue weighted by molar-refractivity contribution is -0.120. The van der Waals surface area contributed by atoms with Gasteiger partial charge in [-0.25, -0.2) is 13.4 Å². The second-order valence-electron chi connectivity index (χ2n) is 7.06. The van der Waals surface area contributed by atoms with Crippen LogP contribution in [0.25, 0.3) is 0 Å². The maximum atomic E-state index is 12.2. The molecule has 1 saturated carbocycles. The summed E-state index contributed by atoms with van der Waals surface area (Å²) < 4.78 is 25.8. The van der Waals surface area contributed by atoms with Crippen molar-refractivity contribution in [1.82, 2.24) is 14.9 Å². The summed E-state index contributed by atoms with van der Waals surface area (Å²) in [4.78, 5) is 28.8. The Labute approximate surface area is 164 Å². The second-order valence-corrected chi connectivity index (χ2v) is 9.17. The fourth-order valence-electron chi connectivity index (χ4n) is 3.43. The van der Waals surface area contributed by atoms with Crippen molar-refractivity contribution in [2.45, 2.75) is 49.5 Å². The molecule has 1 N–H and O–H groups in total. The summed E-state index contributed by atoms with van der Waals surface area (Å²) in [6.45, 7) is 0.544. The van der Waals surface area contributed by atoms with Gasteiger partial charge in [0.15, 0.2) is 9.84 Å². The van der Waals surface area contributed by atoms with Crippen LogP contribution in [0.4, 0.5) is 0 Å². The molecule has 8 heteroatoms. The summed E-state index contributed by atoms with van der Waals surface area (Å²) in [5, 5.41) is 2.66. The highest BCUT2D eigenvalue weighted by Crippen LogP contribution is 2.32. The quantitative estimate of drug-likeness (QED) is 0.726. The van der Waals surface area contributed by atoms with Gasteiger partial charge < -0.3 is 5.32 Å². The zero-order chi connectivity index (χ0) is 20.0. The van der Waals surface area contributed by atoms with Gasteiger partial charge in [0.1, 0.15) is 0 Å². The Balaban J connectivity index is 1.46. The van der Waals surface area contributed by atoms with Crippen LogP contribution in [0.1, 0.15) is 43.7 Å². The van der Waals surface area contributed by atoms with E-state index in [1.54, 1.807) is 24.3 Å². The monoisotopic (exact) mass is 403 g/mol. The predicted octanol–water partition coefficient (Wildman–Crippen LogP) is 1.88. The molecule has 7 nitrogen and oxygen atoms in total. The molecule has 1 heterocycles. The molecule has 1 amide bonds. The Bertz CT molecular complexity index is 964. The predicted molar refractivity (Wildman–Crippen MR) is 106 cm³/mol. The van der Waals surface area contributed by atoms with E-state index in [0.29, 0.717) is 12.5 Å². The van der Waals surface area contributed by atoms with Gasteiger partial charge in [0.25, 0.3) is 5.56 Å². The van der Waals surface area contributed by atoms with Crippen LogP contribution in [0.15, 0.2) is 52.4 Å². The SMILES string of the molecule is O=C(CCS(=O)(=O)c1ccccc1)NCCn1cnc(C2CCCC2)cc1=O. The first-order valence-electron chi connectivity index (χ1n) is 9.56. The van der Waals surface area contributed by atoms with Crippen molar-refractivity contribution in [2.75, 3.05) is 12.3 Å². The number of benzene rings is 1. The first kappa shape index (κ1) is 20.3. The lowest BCUT2D eigenvalue weighted by Gasteiger charge is -2.11. The summed E-state index contributed by atoms with van der Waals surface area (Å²) >= 11 is 0. The van der Waals surface area contributed by atoms with Crippen LogP contribution in [-0.2, 0) is 21.2 Å². The van der Waals surface area contributed by atoms with Crippen molar-refractivity contribution >= 4 is 15.7 Å². The number of rotatable bonds is 8. The van der Waals surface area contributed by atoms with Gasteiger partial charge in [0.2, 0.25) is 5.91 Å². The lowest BCUT2D eigenvalue weighted by Crippen LogP contribution is -2.32. The number of carbonyl (C=O) groups excluding carboxylic acids is 1. The maximum absolute atomic E-state index is 12.2. The van der Waals surface area contributed by atoms with E-state index in [1.807, 2.05) is 0 Å². The topological polar surface area (TPSA) is 98.1 Å². The number of sulfone groups is 1. The Morgan fingerprint density at radius 2 is 1.89 bits per heavy atom. The van der Waals surface area contributed by atoms with Gasteiger partial charge in [-0.1, -0.05) is 31.0 Å². The number of hydrogen-bond donors (Lipinski definition) is 1. The molecule has 1 aliphatic carbocycles. The van der Waals surface area contributed by atoms with E-state index < -0.39 is 9.84 Å². The molecule has 28 heavy (non-hydrogen) atoms. The molecule has 0 bridgehead atoms. The molecule has 1 aromatic heterocycles. The van der Waals surface area contributed by atoms with Crippen molar-refractivity contribution in [3.8, 4) is 0 Å². The van der Waals surface area contributed by atoms with Gasteiger partial charge in [-0.3, -0.25) is 14.2 Å². The molecule has 0 saturated heterocycles. The van der Waals surface area contributed by atoms with Crippen LogP contribution in [0.3, 0.4) is 0 Å². The third kappa shape index (κ3) is 5.28. The van der Waals surface area contributed by atoms with Gasteiger partial charge in [-0.05, 0) is 25.0 Å². The van der Waals surface area contributed by atoms with Crippen molar-refractivity contribution in [2.24, 2.45) is 0 Å². The molecule has 1 fully saturated rings. The fraction of sp³-hybridized carbons (Fsp3) is 0.450.